The lowest BCUT2D eigenvalue weighted by Crippen LogP contribution is -2.32. The molecule has 0 bridgehead atoms. The Hall–Kier alpha value is -0.820. The summed E-state index contributed by atoms with van der Waals surface area (Å²) < 4.78 is 0. The quantitative estimate of drug-likeness (QED) is 0.824. The molecule has 0 aliphatic heterocycles. The van der Waals surface area contributed by atoms with Crippen LogP contribution < -0.4 is 5.32 Å². The number of hydrogen-bond donors (Lipinski definition) is 1. The molecule has 2 rings (SSSR count). The summed E-state index contributed by atoms with van der Waals surface area (Å²) in [6.07, 6.45) is 5.49. The van der Waals surface area contributed by atoms with Gasteiger partial charge in [0.2, 0.25) is 0 Å². The van der Waals surface area contributed by atoms with Crippen molar-refractivity contribution < 1.29 is 0 Å². The Labute approximate surface area is 112 Å². The molecule has 0 atom stereocenters. The van der Waals surface area contributed by atoms with Crippen LogP contribution in [0.3, 0.4) is 0 Å². The van der Waals surface area contributed by atoms with Gasteiger partial charge in [-0.3, -0.25) is 0 Å². The molecule has 0 radical (unpaired) electrons. The lowest BCUT2D eigenvalue weighted by atomic mass is 9.87. The second-order valence-electron chi connectivity index (χ2n) is 6.24. The smallest absolute Gasteiger partial charge is 0.0208 e. The third-order valence-electron chi connectivity index (χ3n) is 4.23. The lowest BCUT2D eigenvalue weighted by Gasteiger charge is -2.27. The highest BCUT2D eigenvalue weighted by Gasteiger charge is 2.17. The molecule has 1 aromatic carbocycles. The largest absolute Gasteiger partial charge is 0.310 e. The van der Waals surface area contributed by atoms with E-state index in [1.54, 1.807) is 0 Å². The Kier molecular flexibility index (Phi) is 4.82. The SMILES string of the molecule is CC1CCC(NCc2cccc(C(C)C)c2)CC1. The summed E-state index contributed by atoms with van der Waals surface area (Å²) in [5.74, 6) is 1.56. The van der Waals surface area contributed by atoms with Crippen LogP contribution in [0, 0.1) is 5.92 Å². The molecule has 18 heavy (non-hydrogen) atoms. The van der Waals surface area contributed by atoms with Crippen molar-refractivity contribution in [3.63, 3.8) is 0 Å². The van der Waals surface area contributed by atoms with E-state index < -0.39 is 0 Å². The normalized spacial score (nSPS) is 24.4. The van der Waals surface area contributed by atoms with Crippen molar-refractivity contribution in [2.75, 3.05) is 0 Å². The molecular weight excluding hydrogens is 218 g/mol. The Balaban J connectivity index is 1.84. The molecule has 1 aliphatic carbocycles. The number of benzene rings is 1. The van der Waals surface area contributed by atoms with Gasteiger partial charge in [0.1, 0.15) is 0 Å². The minimum Gasteiger partial charge on any atom is -0.310 e. The second-order valence-corrected chi connectivity index (χ2v) is 6.24. The fraction of sp³-hybridized carbons (Fsp3) is 0.647. The van der Waals surface area contributed by atoms with Gasteiger partial charge in [-0.15, -0.1) is 0 Å². The van der Waals surface area contributed by atoms with Crippen LogP contribution in [0.15, 0.2) is 24.3 Å². The molecule has 100 valence electrons. The average Bonchev–Trinajstić information content (AvgIpc) is 2.38. The van der Waals surface area contributed by atoms with E-state index in [1.807, 2.05) is 0 Å². The monoisotopic (exact) mass is 245 g/mol. The number of nitrogens with one attached hydrogen (secondary N) is 1. The van der Waals surface area contributed by atoms with E-state index in [-0.39, 0.29) is 0 Å². The van der Waals surface area contributed by atoms with Crippen molar-refractivity contribution in [1.29, 1.82) is 0 Å². The van der Waals surface area contributed by atoms with Crippen LogP contribution in [0.1, 0.15) is 63.5 Å². The molecular formula is C17H27N. The zero-order chi connectivity index (χ0) is 13.0. The van der Waals surface area contributed by atoms with Gasteiger partial charge in [-0.1, -0.05) is 45.0 Å². The predicted molar refractivity (Wildman–Crippen MR) is 78.8 cm³/mol. The molecule has 1 N–H and O–H groups in total. The highest BCUT2D eigenvalue weighted by Crippen LogP contribution is 2.23. The van der Waals surface area contributed by atoms with Gasteiger partial charge in [-0.05, 0) is 48.6 Å². The number of hydrogen-bond acceptors (Lipinski definition) is 1. The fourth-order valence-electron chi connectivity index (χ4n) is 2.79. The first-order chi connectivity index (χ1) is 8.65. The molecule has 1 saturated carbocycles. The molecule has 1 fully saturated rings. The minimum atomic E-state index is 0.625. The molecule has 1 heteroatoms. The summed E-state index contributed by atoms with van der Waals surface area (Å²) in [4.78, 5) is 0. The first-order valence-corrected chi connectivity index (χ1v) is 7.47. The third-order valence-corrected chi connectivity index (χ3v) is 4.23. The van der Waals surface area contributed by atoms with E-state index in [0.29, 0.717) is 5.92 Å². The summed E-state index contributed by atoms with van der Waals surface area (Å²) >= 11 is 0. The molecule has 0 spiro atoms. The van der Waals surface area contributed by atoms with Gasteiger partial charge in [0.15, 0.2) is 0 Å². The third kappa shape index (κ3) is 3.84. The maximum absolute atomic E-state index is 3.72. The Morgan fingerprint density at radius 3 is 2.56 bits per heavy atom. The minimum absolute atomic E-state index is 0.625. The standard InChI is InChI=1S/C17H27N/c1-13(2)16-6-4-5-15(11-16)12-18-17-9-7-14(3)8-10-17/h4-6,11,13-14,17-18H,7-10,12H2,1-3H3. The fourth-order valence-corrected chi connectivity index (χ4v) is 2.79. The van der Waals surface area contributed by atoms with Crippen LogP contribution in [0.2, 0.25) is 0 Å². The molecule has 0 aromatic heterocycles. The zero-order valence-electron chi connectivity index (χ0n) is 12.1. The van der Waals surface area contributed by atoms with Gasteiger partial charge >= 0.3 is 0 Å². The van der Waals surface area contributed by atoms with Gasteiger partial charge in [-0.2, -0.15) is 0 Å². The summed E-state index contributed by atoms with van der Waals surface area (Å²) in [5, 5.41) is 3.72. The average molecular weight is 245 g/mol. The van der Waals surface area contributed by atoms with Gasteiger partial charge in [0, 0.05) is 12.6 Å². The molecule has 0 unspecified atom stereocenters. The van der Waals surface area contributed by atoms with E-state index >= 15 is 0 Å². The Morgan fingerprint density at radius 1 is 1.17 bits per heavy atom. The maximum Gasteiger partial charge on any atom is 0.0208 e. The number of rotatable bonds is 4. The van der Waals surface area contributed by atoms with Crippen molar-refractivity contribution >= 4 is 0 Å². The van der Waals surface area contributed by atoms with E-state index in [1.165, 1.54) is 36.8 Å². The van der Waals surface area contributed by atoms with E-state index in [2.05, 4.69) is 50.4 Å². The second kappa shape index (κ2) is 6.38. The molecule has 0 saturated heterocycles. The van der Waals surface area contributed by atoms with Crippen molar-refractivity contribution in [3.05, 3.63) is 35.4 Å². The van der Waals surface area contributed by atoms with E-state index in [4.69, 9.17) is 0 Å². The van der Waals surface area contributed by atoms with Gasteiger partial charge in [0.25, 0.3) is 0 Å². The van der Waals surface area contributed by atoms with Crippen LogP contribution in [-0.2, 0) is 6.54 Å². The van der Waals surface area contributed by atoms with E-state index in [9.17, 15) is 0 Å². The van der Waals surface area contributed by atoms with Gasteiger partial charge in [0.05, 0.1) is 0 Å². The molecule has 1 nitrogen and oxygen atoms in total. The van der Waals surface area contributed by atoms with Gasteiger partial charge < -0.3 is 5.32 Å². The molecule has 0 heterocycles. The highest BCUT2D eigenvalue weighted by atomic mass is 14.9. The van der Waals surface area contributed by atoms with Gasteiger partial charge in [-0.25, -0.2) is 0 Å². The lowest BCUT2D eigenvalue weighted by molar-refractivity contribution is 0.306. The Morgan fingerprint density at radius 2 is 1.89 bits per heavy atom. The molecule has 0 amide bonds. The summed E-state index contributed by atoms with van der Waals surface area (Å²) in [5.41, 5.74) is 2.88. The van der Waals surface area contributed by atoms with Crippen LogP contribution in [0.5, 0.6) is 0 Å². The van der Waals surface area contributed by atoms with Crippen molar-refractivity contribution in [1.82, 2.24) is 5.32 Å². The topological polar surface area (TPSA) is 12.0 Å². The molecule has 1 aliphatic rings. The zero-order valence-corrected chi connectivity index (χ0v) is 12.1. The summed E-state index contributed by atoms with van der Waals surface area (Å²) in [6, 6.07) is 9.75. The van der Waals surface area contributed by atoms with E-state index in [0.717, 1.165) is 18.5 Å². The Bertz CT molecular complexity index is 362. The van der Waals surface area contributed by atoms with Crippen LogP contribution in [0.25, 0.3) is 0 Å². The van der Waals surface area contributed by atoms with Crippen molar-refractivity contribution in [2.24, 2.45) is 5.92 Å². The summed E-state index contributed by atoms with van der Waals surface area (Å²) in [7, 11) is 0. The van der Waals surface area contributed by atoms with Crippen molar-refractivity contribution in [3.8, 4) is 0 Å². The summed E-state index contributed by atoms with van der Waals surface area (Å²) in [6.45, 7) is 7.92. The maximum atomic E-state index is 3.72. The van der Waals surface area contributed by atoms with Crippen LogP contribution in [-0.4, -0.2) is 6.04 Å². The first kappa shape index (κ1) is 13.6. The van der Waals surface area contributed by atoms with Crippen LogP contribution >= 0.6 is 0 Å². The predicted octanol–water partition coefficient (Wildman–Crippen LogP) is 4.48. The molecule has 1 aromatic rings. The highest BCUT2D eigenvalue weighted by molar-refractivity contribution is 5.25. The van der Waals surface area contributed by atoms with Crippen LogP contribution in [0.4, 0.5) is 0 Å². The first-order valence-electron chi connectivity index (χ1n) is 7.47. The van der Waals surface area contributed by atoms with Crippen molar-refractivity contribution in [2.45, 2.75) is 65.0 Å².